The molecule has 1 aliphatic rings. The lowest BCUT2D eigenvalue weighted by atomic mass is 9.79. The number of hydrogen-bond acceptors (Lipinski definition) is 18. The van der Waals surface area contributed by atoms with Crippen LogP contribution in [0.3, 0.4) is 0 Å². The van der Waals surface area contributed by atoms with Gasteiger partial charge < -0.3 is 81.3 Å². The van der Waals surface area contributed by atoms with Crippen LogP contribution in [0, 0.1) is 0 Å². The van der Waals surface area contributed by atoms with E-state index in [2.05, 4.69) is 24.5 Å². The molecule has 0 aromatic heterocycles. The van der Waals surface area contributed by atoms with Crippen LogP contribution in [0.1, 0.15) is 214 Å². The number of aliphatic carboxylic acids is 1. The van der Waals surface area contributed by atoms with Crippen LogP contribution in [0.5, 0.6) is 0 Å². The van der Waals surface area contributed by atoms with Crippen molar-refractivity contribution in [1.82, 2.24) is 15.5 Å². The predicted molar refractivity (Wildman–Crippen MR) is 302 cm³/mol. The molecular formula is C56H106N5O18P. The van der Waals surface area contributed by atoms with Crippen molar-refractivity contribution < 1.29 is 87.6 Å². The number of aliphatic hydroxyl groups is 5. The fourth-order valence-corrected chi connectivity index (χ4v) is 10.5. The van der Waals surface area contributed by atoms with Crippen LogP contribution in [0.4, 0.5) is 0 Å². The average Bonchev–Trinajstić information content (AvgIpc) is 3.41. The minimum Gasteiger partial charge on any atom is -0.480 e. The molecule has 1 aliphatic heterocycles. The van der Waals surface area contributed by atoms with Crippen molar-refractivity contribution in [2.45, 2.75) is 287 Å². The number of nitrogens with zero attached hydrogens (tertiary/aromatic N) is 1. The summed E-state index contributed by atoms with van der Waals surface area (Å²) in [5, 5.41) is 70.4. The Morgan fingerprint density at radius 2 is 1.26 bits per heavy atom. The summed E-state index contributed by atoms with van der Waals surface area (Å²) in [6.45, 7) is 4.68. The van der Waals surface area contributed by atoms with E-state index < -0.39 is 149 Å². The highest BCUT2D eigenvalue weighted by molar-refractivity contribution is 7.32. The molecule has 0 bridgehead atoms. The van der Waals surface area contributed by atoms with E-state index in [0.717, 1.165) is 89.4 Å². The maximum Gasteiger partial charge on any atom is 0.326 e. The summed E-state index contributed by atoms with van der Waals surface area (Å²) in [5.74, 6) is -6.83. The minimum atomic E-state index is -3.40. The molecule has 468 valence electrons. The number of Topliss-reactive ketones (excluding diaryl/α,β-unsaturated/α-hetero) is 2. The molecule has 0 aromatic carbocycles. The molecule has 80 heavy (non-hydrogen) atoms. The van der Waals surface area contributed by atoms with Crippen molar-refractivity contribution >= 4 is 43.5 Å². The van der Waals surface area contributed by atoms with Crippen LogP contribution < -0.4 is 22.1 Å². The number of ether oxygens (including phenoxy) is 3. The number of carbonyl (C=O) groups is 6. The molecule has 3 amide bonds. The molecule has 23 nitrogen and oxygen atoms in total. The van der Waals surface area contributed by atoms with Crippen molar-refractivity contribution in [3.05, 3.63) is 0 Å². The topological polar surface area (TPSA) is 377 Å². The number of unbranched alkanes of at least 4 members (excludes halogenated alkanes) is 23. The molecule has 1 rings (SSSR count). The normalized spacial score (nSPS) is 20.9. The molecule has 0 radical (unpaired) electrons. The van der Waals surface area contributed by atoms with Gasteiger partial charge in [0.1, 0.15) is 42.6 Å². The SMILES string of the molecule is CCCCCCCCCCCCCCCC(=O)[C@@](OC(C[C@H](N)C(N)=O)C(=O)N(CC(C)O[C@H]1[C@H](O)[C@@H](CO)O[C@H](O)[C@@H]1NC(C)=O)[C@@H](C)C(=O)O)(C(=O)C(CCCCCCCCCCCCCC)NCCO[PH](=O)O)[C@@H](O)CO. The molecule has 0 aromatic rings. The number of primary amides is 1. The van der Waals surface area contributed by atoms with Gasteiger partial charge in [-0.1, -0.05) is 168 Å². The van der Waals surface area contributed by atoms with E-state index in [1.807, 2.05) is 0 Å². The first kappa shape index (κ1) is 75.0. The van der Waals surface area contributed by atoms with Crippen molar-refractivity contribution in [1.29, 1.82) is 0 Å². The summed E-state index contributed by atoms with van der Waals surface area (Å²) in [5.41, 5.74) is 8.70. The van der Waals surface area contributed by atoms with Gasteiger partial charge in [0.25, 0.3) is 5.91 Å². The molecule has 0 aliphatic carbocycles. The second kappa shape index (κ2) is 43.6. The smallest absolute Gasteiger partial charge is 0.326 e. The standard InChI is InChI=1S/C56H106N5O18P/c1-6-8-10-12-14-16-18-20-22-24-26-28-30-32-46(65)56(47(66)38-63,51(68)43(59-33-34-76-80(74)75)31-29-27-25-23-21-19-17-15-13-11-9-7-2)79-44(35-42(57)52(58)69)53(70)61(40(4)54(71)72)36-39(3)77-50-48(60-41(5)64)55(73)78-45(37-62)49(50)67/h39-40,42-45,47-50,55,59,62-63,66-67,73,80H,6-38,57H2,1-5H3,(H2,58,69)(H,60,64)(H,71,72)(H,74,75)/t39?,40-,42-,43?,44?,45+,47-,48+,49+,50+,55-,56-/m0/s1. The summed E-state index contributed by atoms with van der Waals surface area (Å²) in [4.78, 5) is 93.6. The largest absolute Gasteiger partial charge is 0.480 e. The number of rotatable bonds is 51. The second-order valence-corrected chi connectivity index (χ2v) is 22.6. The van der Waals surface area contributed by atoms with Crippen LogP contribution in [0.2, 0.25) is 0 Å². The Morgan fingerprint density at radius 3 is 1.70 bits per heavy atom. The lowest BCUT2D eigenvalue weighted by molar-refractivity contribution is -0.268. The minimum absolute atomic E-state index is 0.0274. The molecule has 1 fully saturated rings. The van der Waals surface area contributed by atoms with Gasteiger partial charge in [-0.15, -0.1) is 0 Å². The van der Waals surface area contributed by atoms with E-state index in [1.54, 1.807) is 0 Å². The molecule has 0 saturated carbocycles. The molecule has 13 N–H and O–H groups in total. The first-order valence-corrected chi connectivity index (χ1v) is 31.2. The first-order valence-electron chi connectivity index (χ1n) is 29.9. The second-order valence-electron chi connectivity index (χ2n) is 21.7. The number of hydrogen-bond donors (Lipinski definition) is 11. The van der Waals surface area contributed by atoms with E-state index in [-0.39, 0.29) is 26.0 Å². The number of nitrogens with one attached hydrogen (secondary N) is 2. The number of amides is 3. The van der Waals surface area contributed by atoms with Crippen molar-refractivity contribution in [3.63, 3.8) is 0 Å². The Bertz CT molecular complexity index is 1770. The number of aliphatic hydroxyl groups excluding tert-OH is 5. The van der Waals surface area contributed by atoms with Crippen LogP contribution in [-0.4, -0.2) is 181 Å². The van der Waals surface area contributed by atoms with Crippen molar-refractivity contribution in [3.8, 4) is 0 Å². The third-order valence-corrected chi connectivity index (χ3v) is 15.4. The van der Waals surface area contributed by atoms with E-state index in [1.165, 1.54) is 71.1 Å². The maximum absolute atomic E-state index is 15.5. The fourth-order valence-electron chi connectivity index (χ4n) is 10.2. The van der Waals surface area contributed by atoms with E-state index >= 15 is 14.4 Å². The Hall–Kier alpha value is -3.03. The number of nitrogens with two attached hydrogens (primary N) is 2. The highest BCUT2D eigenvalue weighted by Crippen LogP contribution is 2.32. The van der Waals surface area contributed by atoms with Gasteiger partial charge in [-0.05, 0) is 26.7 Å². The number of carboxylic acid groups (broad SMARTS) is 1. The average molecular weight is 1170 g/mol. The number of carbonyl (C=O) groups excluding carboxylic acids is 5. The Morgan fingerprint density at radius 1 is 0.775 bits per heavy atom. The molecule has 1 saturated heterocycles. The van der Waals surface area contributed by atoms with E-state index in [4.69, 9.17) is 30.2 Å². The van der Waals surface area contributed by atoms with E-state index in [0.29, 0.717) is 19.3 Å². The van der Waals surface area contributed by atoms with Gasteiger partial charge in [0, 0.05) is 32.9 Å². The summed E-state index contributed by atoms with van der Waals surface area (Å²) < 4.78 is 34.2. The third-order valence-electron chi connectivity index (χ3n) is 14.9. The van der Waals surface area contributed by atoms with Gasteiger partial charge in [-0.2, -0.15) is 0 Å². The van der Waals surface area contributed by atoms with Gasteiger partial charge in [-0.25, -0.2) is 4.79 Å². The zero-order valence-electron chi connectivity index (χ0n) is 48.9. The summed E-state index contributed by atoms with van der Waals surface area (Å²) in [7, 11) is -3.40. The van der Waals surface area contributed by atoms with Crippen LogP contribution in [0.15, 0.2) is 0 Å². The molecule has 1 heterocycles. The molecule has 24 heteroatoms. The summed E-state index contributed by atoms with van der Waals surface area (Å²) >= 11 is 0. The first-order chi connectivity index (χ1) is 38.1. The van der Waals surface area contributed by atoms with Crippen LogP contribution in [-0.2, 0) is 52.1 Å². The molecule has 0 spiro atoms. The molecule has 13 atom stereocenters. The Balaban J connectivity index is 3.82. The Labute approximate surface area is 476 Å². The number of carboxylic acids is 1. The van der Waals surface area contributed by atoms with Crippen molar-refractivity contribution in [2.24, 2.45) is 11.5 Å². The number of ketones is 2. The predicted octanol–water partition coefficient (Wildman–Crippen LogP) is 4.38. The van der Waals surface area contributed by atoms with Gasteiger partial charge in [-0.3, -0.25) is 28.5 Å². The maximum atomic E-state index is 15.5. The van der Waals surface area contributed by atoms with Gasteiger partial charge >= 0.3 is 14.2 Å². The highest BCUT2D eigenvalue weighted by Gasteiger charge is 2.57. The lowest BCUT2D eigenvalue weighted by Crippen LogP contribution is -2.67. The van der Waals surface area contributed by atoms with Crippen molar-refractivity contribution in [2.75, 3.05) is 32.9 Å². The zero-order valence-corrected chi connectivity index (χ0v) is 49.9. The Kier molecular flexibility index (Phi) is 40.9. The van der Waals surface area contributed by atoms with Gasteiger partial charge in [0.15, 0.2) is 17.9 Å². The van der Waals surface area contributed by atoms with Crippen LogP contribution in [0.25, 0.3) is 0 Å². The molecular weight excluding hydrogens is 1060 g/mol. The summed E-state index contributed by atoms with van der Waals surface area (Å²) in [6, 6.07) is -6.31. The van der Waals surface area contributed by atoms with E-state index in [9.17, 15) is 54.5 Å². The zero-order chi connectivity index (χ0) is 60.0. The summed E-state index contributed by atoms with van der Waals surface area (Å²) in [6.07, 6.45) is 11.3. The molecule has 4 unspecified atom stereocenters. The monoisotopic (exact) mass is 1170 g/mol. The van der Waals surface area contributed by atoms with Crippen LogP contribution >= 0.6 is 8.25 Å². The lowest BCUT2D eigenvalue weighted by Gasteiger charge is -2.44. The quantitative estimate of drug-likeness (QED) is 0.0229. The third kappa shape index (κ3) is 28.5. The van der Waals surface area contributed by atoms with Gasteiger partial charge in [0.2, 0.25) is 17.4 Å². The fraction of sp³-hybridized carbons (Fsp3) is 0.893. The van der Waals surface area contributed by atoms with Gasteiger partial charge in [0.05, 0.1) is 38.0 Å². The highest BCUT2D eigenvalue weighted by atomic mass is 31.1.